The van der Waals surface area contributed by atoms with E-state index in [0.717, 1.165) is 16.9 Å². The molecule has 0 saturated carbocycles. The number of aromatic nitrogens is 3. The van der Waals surface area contributed by atoms with Gasteiger partial charge in [-0.1, -0.05) is 17.7 Å². The fourth-order valence-electron chi connectivity index (χ4n) is 1.75. The summed E-state index contributed by atoms with van der Waals surface area (Å²) in [7, 11) is 0. The lowest BCUT2D eigenvalue weighted by molar-refractivity contribution is 1.19. The number of nitrogens with zero attached hydrogens (tertiary/aromatic N) is 4. The van der Waals surface area contributed by atoms with Gasteiger partial charge >= 0.3 is 0 Å². The van der Waals surface area contributed by atoms with Crippen LogP contribution in [-0.2, 0) is 0 Å². The lowest BCUT2D eigenvalue weighted by atomic mass is 10.2. The maximum absolute atomic E-state index is 6.98. The van der Waals surface area contributed by atoms with Crippen LogP contribution in [0.5, 0.6) is 0 Å². The topological polar surface area (TPSA) is 34.5 Å². The van der Waals surface area contributed by atoms with Gasteiger partial charge in [-0.2, -0.15) is 0 Å². The Morgan fingerprint density at radius 3 is 2.89 bits per heavy atom. The van der Waals surface area contributed by atoms with Crippen molar-refractivity contribution in [3.05, 3.63) is 59.4 Å². The SMILES string of the molecule is [C-]#[N+]c1ccc2nc(-c3ccnc(Cl)c3)cn2c1. The molecular formula is C13H7ClN4. The quantitative estimate of drug-likeness (QED) is 0.491. The largest absolute Gasteiger partial charge is 0.317 e. The molecule has 3 aromatic heterocycles. The second-order valence-corrected chi connectivity index (χ2v) is 4.15. The Bertz CT molecular complexity index is 770. The van der Waals surface area contributed by atoms with E-state index in [9.17, 15) is 0 Å². The molecule has 0 amide bonds. The molecule has 18 heavy (non-hydrogen) atoms. The zero-order chi connectivity index (χ0) is 12.5. The standard InChI is InChI=1S/C13H7ClN4/c1-15-10-2-3-13-17-11(8-18(13)7-10)9-4-5-16-12(14)6-9/h2-8H. The van der Waals surface area contributed by atoms with Crippen LogP contribution >= 0.6 is 11.6 Å². The van der Waals surface area contributed by atoms with Gasteiger partial charge in [0, 0.05) is 24.2 Å². The molecule has 0 unspecified atom stereocenters. The van der Waals surface area contributed by atoms with Gasteiger partial charge in [0.25, 0.3) is 0 Å². The molecular weight excluding hydrogens is 248 g/mol. The normalized spacial score (nSPS) is 10.4. The lowest BCUT2D eigenvalue weighted by Gasteiger charge is -1.94. The van der Waals surface area contributed by atoms with Crippen molar-refractivity contribution < 1.29 is 0 Å². The highest BCUT2D eigenvalue weighted by Gasteiger charge is 2.05. The first kappa shape index (κ1) is 10.8. The van der Waals surface area contributed by atoms with Crippen LogP contribution < -0.4 is 0 Å². The molecule has 0 aromatic carbocycles. The maximum Gasteiger partial charge on any atom is 0.203 e. The molecule has 3 rings (SSSR count). The zero-order valence-corrected chi connectivity index (χ0v) is 9.96. The summed E-state index contributed by atoms with van der Waals surface area (Å²) < 4.78 is 1.83. The van der Waals surface area contributed by atoms with Gasteiger partial charge in [-0.25, -0.2) is 14.8 Å². The minimum absolute atomic E-state index is 0.436. The minimum Gasteiger partial charge on any atom is -0.317 e. The molecule has 0 N–H and O–H groups in total. The predicted octanol–water partition coefficient (Wildman–Crippen LogP) is 3.60. The van der Waals surface area contributed by atoms with Crippen molar-refractivity contribution in [2.24, 2.45) is 0 Å². The number of imidazole rings is 1. The summed E-state index contributed by atoms with van der Waals surface area (Å²) in [6, 6.07) is 7.18. The first-order chi connectivity index (χ1) is 8.76. The number of halogens is 1. The minimum atomic E-state index is 0.436. The van der Waals surface area contributed by atoms with Crippen molar-refractivity contribution in [1.29, 1.82) is 0 Å². The first-order valence-electron chi connectivity index (χ1n) is 5.24. The van der Waals surface area contributed by atoms with E-state index in [-0.39, 0.29) is 0 Å². The molecule has 86 valence electrons. The Kier molecular flexibility index (Phi) is 2.47. The van der Waals surface area contributed by atoms with Gasteiger partial charge < -0.3 is 4.40 Å². The monoisotopic (exact) mass is 254 g/mol. The lowest BCUT2D eigenvalue weighted by Crippen LogP contribution is -1.79. The Labute approximate surface area is 108 Å². The number of hydrogen-bond donors (Lipinski definition) is 0. The smallest absolute Gasteiger partial charge is 0.203 e. The molecule has 0 spiro atoms. The summed E-state index contributed by atoms with van der Waals surface area (Å²) in [5.41, 5.74) is 3.09. The van der Waals surface area contributed by atoms with E-state index in [1.807, 2.05) is 22.7 Å². The molecule has 5 heteroatoms. The van der Waals surface area contributed by atoms with Crippen molar-refractivity contribution in [3.63, 3.8) is 0 Å². The van der Waals surface area contributed by atoms with Gasteiger partial charge in [-0.3, -0.25) is 0 Å². The highest BCUT2D eigenvalue weighted by Crippen LogP contribution is 2.22. The number of hydrogen-bond acceptors (Lipinski definition) is 2. The molecule has 0 fully saturated rings. The summed E-state index contributed by atoms with van der Waals surface area (Å²) in [6.07, 6.45) is 5.27. The van der Waals surface area contributed by atoms with Gasteiger partial charge in [0.15, 0.2) is 0 Å². The van der Waals surface area contributed by atoms with Crippen LogP contribution in [0.15, 0.2) is 42.9 Å². The van der Waals surface area contributed by atoms with E-state index < -0.39 is 0 Å². The number of fused-ring (bicyclic) bond motifs is 1. The van der Waals surface area contributed by atoms with Crippen LogP contribution in [-0.4, -0.2) is 14.4 Å². The summed E-state index contributed by atoms with van der Waals surface area (Å²) in [4.78, 5) is 11.8. The van der Waals surface area contributed by atoms with E-state index in [2.05, 4.69) is 14.8 Å². The summed E-state index contributed by atoms with van der Waals surface area (Å²) >= 11 is 5.86. The third-order valence-electron chi connectivity index (χ3n) is 2.59. The Morgan fingerprint density at radius 2 is 2.11 bits per heavy atom. The van der Waals surface area contributed by atoms with Crippen molar-refractivity contribution in [2.75, 3.05) is 0 Å². The molecule has 0 radical (unpaired) electrons. The van der Waals surface area contributed by atoms with Gasteiger partial charge in [0.2, 0.25) is 5.69 Å². The van der Waals surface area contributed by atoms with Crippen LogP contribution in [0.1, 0.15) is 0 Å². The van der Waals surface area contributed by atoms with Crippen LogP contribution in [0.2, 0.25) is 5.15 Å². The van der Waals surface area contributed by atoms with Crippen LogP contribution in [0.25, 0.3) is 21.7 Å². The van der Waals surface area contributed by atoms with E-state index >= 15 is 0 Å². The second kappa shape index (κ2) is 4.13. The van der Waals surface area contributed by atoms with Crippen molar-refractivity contribution >= 4 is 22.9 Å². The molecule has 0 aliphatic carbocycles. The highest BCUT2D eigenvalue weighted by molar-refractivity contribution is 6.29. The summed E-state index contributed by atoms with van der Waals surface area (Å²) in [5.74, 6) is 0. The average Bonchev–Trinajstić information content (AvgIpc) is 2.81. The molecule has 0 atom stereocenters. The van der Waals surface area contributed by atoms with Gasteiger partial charge in [0.1, 0.15) is 10.8 Å². The average molecular weight is 255 g/mol. The molecule has 4 nitrogen and oxygen atoms in total. The molecule has 3 aromatic rings. The number of rotatable bonds is 1. The predicted molar refractivity (Wildman–Crippen MR) is 69.7 cm³/mol. The molecule has 0 bridgehead atoms. The third kappa shape index (κ3) is 1.81. The molecule has 0 saturated heterocycles. The number of pyridine rings is 2. The van der Waals surface area contributed by atoms with E-state index in [1.54, 1.807) is 24.5 Å². The fraction of sp³-hybridized carbons (Fsp3) is 0. The van der Waals surface area contributed by atoms with Gasteiger partial charge in [0.05, 0.1) is 12.3 Å². The molecule has 3 heterocycles. The molecule has 0 aliphatic rings. The van der Waals surface area contributed by atoms with E-state index in [4.69, 9.17) is 18.2 Å². The van der Waals surface area contributed by atoms with Crippen LogP contribution in [0.3, 0.4) is 0 Å². The Morgan fingerprint density at radius 1 is 1.22 bits per heavy atom. The van der Waals surface area contributed by atoms with E-state index in [0.29, 0.717) is 10.8 Å². The van der Waals surface area contributed by atoms with Crippen molar-refractivity contribution in [2.45, 2.75) is 0 Å². The first-order valence-corrected chi connectivity index (χ1v) is 5.62. The van der Waals surface area contributed by atoms with Crippen molar-refractivity contribution in [3.8, 4) is 11.3 Å². The van der Waals surface area contributed by atoms with Crippen LogP contribution in [0, 0.1) is 6.57 Å². The van der Waals surface area contributed by atoms with E-state index in [1.165, 1.54) is 0 Å². The maximum atomic E-state index is 6.98. The zero-order valence-electron chi connectivity index (χ0n) is 9.21. The Balaban J connectivity index is 2.17. The van der Waals surface area contributed by atoms with Crippen LogP contribution in [0.4, 0.5) is 5.69 Å². The van der Waals surface area contributed by atoms with Crippen molar-refractivity contribution in [1.82, 2.24) is 14.4 Å². The third-order valence-corrected chi connectivity index (χ3v) is 2.79. The summed E-state index contributed by atoms with van der Waals surface area (Å²) in [6.45, 7) is 6.98. The summed E-state index contributed by atoms with van der Waals surface area (Å²) in [5, 5.41) is 0.436. The highest BCUT2D eigenvalue weighted by atomic mass is 35.5. The van der Waals surface area contributed by atoms with Gasteiger partial charge in [-0.05, 0) is 18.2 Å². The second-order valence-electron chi connectivity index (χ2n) is 3.76. The molecule has 0 aliphatic heterocycles. The van der Waals surface area contributed by atoms with Gasteiger partial charge in [-0.15, -0.1) is 0 Å². The fourth-order valence-corrected chi connectivity index (χ4v) is 1.92. The Hall–Kier alpha value is -2.38.